The van der Waals surface area contributed by atoms with Gasteiger partial charge in [0.25, 0.3) is 0 Å². The molecule has 0 radical (unpaired) electrons. The summed E-state index contributed by atoms with van der Waals surface area (Å²) in [6.07, 6.45) is 1.52. The Labute approximate surface area is 126 Å². The largest absolute Gasteiger partial charge is 0.479 e. The van der Waals surface area contributed by atoms with E-state index in [1.807, 2.05) is 42.5 Å². The van der Waals surface area contributed by atoms with Crippen molar-refractivity contribution in [2.75, 3.05) is 0 Å². The summed E-state index contributed by atoms with van der Waals surface area (Å²) >= 11 is 0. The Hall–Kier alpha value is -2.82. The second kappa shape index (κ2) is 4.59. The van der Waals surface area contributed by atoms with E-state index in [-0.39, 0.29) is 12.3 Å². The van der Waals surface area contributed by atoms with Crippen LogP contribution in [0.15, 0.2) is 48.2 Å². The lowest BCUT2D eigenvalue weighted by atomic mass is 10.0. The van der Waals surface area contributed by atoms with Crippen molar-refractivity contribution < 1.29 is 19.4 Å². The molecule has 22 heavy (non-hydrogen) atoms. The fraction of sp³-hybridized carbons (Fsp3) is 0.176. The number of carboxylic acids is 1. The lowest BCUT2D eigenvalue weighted by Gasteiger charge is -2.33. The second-order valence-electron chi connectivity index (χ2n) is 5.47. The van der Waals surface area contributed by atoms with Crippen LogP contribution in [0.1, 0.15) is 12.0 Å². The Morgan fingerprint density at radius 2 is 2.00 bits per heavy atom. The van der Waals surface area contributed by atoms with E-state index in [9.17, 15) is 14.7 Å². The molecule has 0 aromatic heterocycles. The van der Waals surface area contributed by atoms with Crippen molar-refractivity contribution in [1.29, 1.82) is 0 Å². The molecule has 2 aromatic carbocycles. The van der Waals surface area contributed by atoms with Gasteiger partial charge in [-0.2, -0.15) is 0 Å². The second-order valence-corrected chi connectivity index (χ2v) is 5.47. The van der Waals surface area contributed by atoms with E-state index in [2.05, 4.69) is 0 Å². The van der Waals surface area contributed by atoms with Gasteiger partial charge in [-0.25, -0.2) is 4.79 Å². The Morgan fingerprint density at radius 3 is 2.73 bits per heavy atom. The normalized spacial score (nSPS) is 25.0. The minimum Gasteiger partial charge on any atom is -0.479 e. The molecule has 2 atom stereocenters. The van der Waals surface area contributed by atoms with Crippen molar-refractivity contribution in [3.8, 4) is 0 Å². The molecule has 110 valence electrons. The van der Waals surface area contributed by atoms with Crippen LogP contribution >= 0.6 is 0 Å². The summed E-state index contributed by atoms with van der Waals surface area (Å²) in [5.41, 5.74) is 0.856. The number of nitrogens with zero attached hydrogens (tertiary/aromatic N) is 1. The number of fused-ring (bicyclic) bond motifs is 2. The Balaban J connectivity index is 1.73. The minimum absolute atomic E-state index is 0.181. The van der Waals surface area contributed by atoms with E-state index >= 15 is 0 Å². The maximum atomic E-state index is 11.6. The van der Waals surface area contributed by atoms with Crippen molar-refractivity contribution in [3.63, 3.8) is 0 Å². The predicted octanol–water partition coefficient (Wildman–Crippen LogP) is 2.22. The van der Waals surface area contributed by atoms with Crippen molar-refractivity contribution in [1.82, 2.24) is 4.90 Å². The molecule has 2 aliphatic rings. The van der Waals surface area contributed by atoms with Crippen LogP contribution in [0, 0.1) is 0 Å². The molecule has 2 aliphatic heterocycles. The van der Waals surface area contributed by atoms with Crippen LogP contribution < -0.4 is 0 Å². The van der Waals surface area contributed by atoms with Crippen LogP contribution in [0.5, 0.6) is 0 Å². The summed E-state index contributed by atoms with van der Waals surface area (Å²) < 4.78 is 5.61. The number of β-lactam (4-membered cyclic amide) rings is 1. The Kier molecular flexibility index (Phi) is 2.69. The van der Waals surface area contributed by atoms with Crippen LogP contribution in [0.2, 0.25) is 0 Å². The fourth-order valence-electron chi connectivity index (χ4n) is 2.98. The molecule has 4 rings (SSSR count). The summed E-state index contributed by atoms with van der Waals surface area (Å²) in [5.74, 6) is -0.930. The summed E-state index contributed by atoms with van der Waals surface area (Å²) in [7, 11) is 0. The maximum absolute atomic E-state index is 11.6. The number of aliphatic carboxylic acids is 1. The first kappa shape index (κ1) is 12.9. The van der Waals surface area contributed by atoms with Gasteiger partial charge in [-0.05, 0) is 28.5 Å². The quantitative estimate of drug-likeness (QED) is 0.863. The number of hydrogen-bond donors (Lipinski definition) is 1. The third-order valence-electron chi connectivity index (χ3n) is 4.08. The van der Waals surface area contributed by atoms with Gasteiger partial charge in [-0.15, -0.1) is 0 Å². The predicted molar refractivity (Wildman–Crippen MR) is 79.7 cm³/mol. The van der Waals surface area contributed by atoms with Gasteiger partial charge in [-0.1, -0.05) is 36.4 Å². The number of amides is 1. The SMILES string of the molecule is O=C(O)C1/C(=C/c2ccc3ccccc3c2)OC2CC(=O)N21. The molecule has 2 aromatic rings. The van der Waals surface area contributed by atoms with E-state index in [1.54, 1.807) is 6.08 Å². The van der Waals surface area contributed by atoms with Crippen LogP contribution in [0.4, 0.5) is 0 Å². The van der Waals surface area contributed by atoms with E-state index in [1.165, 1.54) is 4.90 Å². The van der Waals surface area contributed by atoms with Crippen molar-refractivity contribution in [3.05, 3.63) is 53.8 Å². The first-order valence-electron chi connectivity index (χ1n) is 7.04. The number of carboxylic acid groups (broad SMARTS) is 1. The highest BCUT2D eigenvalue weighted by molar-refractivity contribution is 5.92. The average molecular weight is 295 g/mol. The lowest BCUT2D eigenvalue weighted by Crippen LogP contribution is -2.54. The minimum atomic E-state index is -1.07. The fourth-order valence-corrected chi connectivity index (χ4v) is 2.98. The smallest absolute Gasteiger partial charge is 0.334 e. The van der Waals surface area contributed by atoms with E-state index in [0.29, 0.717) is 5.76 Å². The lowest BCUT2D eigenvalue weighted by molar-refractivity contribution is -0.163. The number of rotatable bonds is 2. The molecule has 1 amide bonds. The molecule has 0 spiro atoms. The zero-order chi connectivity index (χ0) is 15.3. The molecule has 0 saturated carbocycles. The average Bonchev–Trinajstić information content (AvgIpc) is 2.79. The molecule has 2 fully saturated rings. The molecule has 1 N–H and O–H groups in total. The summed E-state index contributed by atoms with van der Waals surface area (Å²) in [4.78, 5) is 24.3. The monoisotopic (exact) mass is 295 g/mol. The highest BCUT2D eigenvalue weighted by atomic mass is 16.5. The molecule has 2 heterocycles. The number of carbonyl (C=O) groups is 2. The number of carbonyl (C=O) groups excluding carboxylic acids is 1. The van der Waals surface area contributed by atoms with Gasteiger partial charge in [0.05, 0.1) is 6.42 Å². The topological polar surface area (TPSA) is 66.8 Å². The van der Waals surface area contributed by atoms with Crippen LogP contribution in [0.3, 0.4) is 0 Å². The molecule has 5 heteroatoms. The summed E-state index contributed by atoms with van der Waals surface area (Å²) in [5, 5.41) is 11.5. The molecule has 2 unspecified atom stereocenters. The van der Waals surface area contributed by atoms with Crippen LogP contribution in [-0.4, -0.2) is 34.2 Å². The van der Waals surface area contributed by atoms with Crippen molar-refractivity contribution in [2.45, 2.75) is 18.7 Å². The van der Waals surface area contributed by atoms with Gasteiger partial charge in [0.1, 0.15) is 5.76 Å². The molecular formula is C17H13NO4. The number of ether oxygens (including phenoxy) is 1. The van der Waals surface area contributed by atoms with E-state index in [4.69, 9.17) is 4.74 Å². The number of hydrogen-bond acceptors (Lipinski definition) is 3. The first-order valence-corrected chi connectivity index (χ1v) is 7.04. The third kappa shape index (κ3) is 1.86. The van der Waals surface area contributed by atoms with Gasteiger partial charge < -0.3 is 9.84 Å². The Bertz CT molecular complexity index is 826. The molecule has 0 aliphatic carbocycles. The van der Waals surface area contributed by atoms with Gasteiger partial charge in [0.15, 0.2) is 12.3 Å². The number of benzene rings is 2. The zero-order valence-corrected chi connectivity index (χ0v) is 11.6. The summed E-state index contributed by atoms with van der Waals surface area (Å²) in [6.45, 7) is 0. The Morgan fingerprint density at radius 1 is 1.23 bits per heavy atom. The van der Waals surface area contributed by atoms with Crippen molar-refractivity contribution in [2.24, 2.45) is 0 Å². The summed E-state index contributed by atoms with van der Waals surface area (Å²) in [6, 6.07) is 12.8. The van der Waals surface area contributed by atoms with E-state index < -0.39 is 18.2 Å². The molecular weight excluding hydrogens is 282 g/mol. The van der Waals surface area contributed by atoms with Crippen molar-refractivity contribution >= 4 is 28.7 Å². The first-order chi connectivity index (χ1) is 10.6. The maximum Gasteiger partial charge on any atom is 0.334 e. The highest BCUT2D eigenvalue weighted by Gasteiger charge is 2.53. The highest BCUT2D eigenvalue weighted by Crippen LogP contribution is 2.37. The zero-order valence-electron chi connectivity index (χ0n) is 11.6. The van der Waals surface area contributed by atoms with Gasteiger partial charge in [0.2, 0.25) is 5.91 Å². The van der Waals surface area contributed by atoms with Crippen LogP contribution in [-0.2, 0) is 14.3 Å². The molecule has 0 bridgehead atoms. The van der Waals surface area contributed by atoms with E-state index in [0.717, 1.165) is 16.3 Å². The van der Waals surface area contributed by atoms with Crippen LogP contribution in [0.25, 0.3) is 16.8 Å². The molecule has 2 saturated heterocycles. The van der Waals surface area contributed by atoms with Gasteiger partial charge in [-0.3, -0.25) is 9.69 Å². The standard InChI is InChI=1S/C17H13NO4/c19-14-9-15-18(14)16(17(20)21)13(22-15)8-10-5-6-11-3-1-2-4-12(11)7-10/h1-8,15-16H,9H2,(H,20,21)/b13-8-. The molecule has 5 nitrogen and oxygen atoms in total. The van der Waals surface area contributed by atoms with Gasteiger partial charge in [0, 0.05) is 0 Å². The van der Waals surface area contributed by atoms with Gasteiger partial charge >= 0.3 is 5.97 Å². The third-order valence-corrected chi connectivity index (χ3v) is 4.08.